The number of carboxylic acid groups (broad SMARTS) is 1. The summed E-state index contributed by atoms with van der Waals surface area (Å²) in [5.74, 6) is 1.78. The monoisotopic (exact) mass is 203 g/mol. The largest absolute Gasteiger partial charge is 0.481 e. The molecule has 1 atom stereocenters. The smallest absolute Gasteiger partial charge is 0.303 e. The minimum absolute atomic E-state index is 0.285. The lowest BCUT2D eigenvalue weighted by molar-refractivity contribution is -0.137. The van der Waals surface area contributed by atoms with Gasteiger partial charge in [0.1, 0.15) is 0 Å². The molecule has 1 heterocycles. The molecule has 0 aliphatic carbocycles. The maximum atomic E-state index is 10.2. The Kier molecular flexibility index (Phi) is 5.23. The van der Waals surface area contributed by atoms with Crippen molar-refractivity contribution in [2.75, 3.05) is 18.1 Å². The molecule has 13 heavy (non-hydrogen) atoms. The third kappa shape index (κ3) is 5.16. The van der Waals surface area contributed by atoms with Gasteiger partial charge in [-0.25, -0.2) is 0 Å². The molecule has 0 radical (unpaired) electrons. The second-order valence-electron chi connectivity index (χ2n) is 3.37. The van der Waals surface area contributed by atoms with Crippen LogP contribution in [0.15, 0.2) is 0 Å². The highest BCUT2D eigenvalue weighted by Gasteiger charge is 2.12. The van der Waals surface area contributed by atoms with Crippen LogP contribution in [0.3, 0.4) is 0 Å². The second-order valence-corrected chi connectivity index (χ2v) is 4.52. The Balaban J connectivity index is 1.95. The molecule has 2 N–H and O–H groups in total. The predicted molar refractivity (Wildman–Crippen MR) is 55.2 cm³/mol. The molecule has 0 amide bonds. The molecule has 0 aromatic carbocycles. The van der Waals surface area contributed by atoms with E-state index in [4.69, 9.17) is 5.11 Å². The molecule has 0 bridgehead atoms. The molecule has 0 spiro atoms. The molecule has 1 aliphatic heterocycles. The number of hydrogen-bond acceptors (Lipinski definition) is 3. The first kappa shape index (κ1) is 10.9. The average Bonchev–Trinajstić information content (AvgIpc) is 2.14. The summed E-state index contributed by atoms with van der Waals surface area (Å²) in [4.78, 5) is 10.2. The van der Waals surface area contributed by atoms with Gasteiger partial charge in [0.15, 0.2) is 0 Å². The van der Waals surface area contributed by atoms with Gasteiger partial charge in [0.25, 0.3) is 0 Å². The summed E-state index contributed by atoms with van der Waals surface area (Å²) < 4.78 is 0. The van der Waals surface area contributed by atoms with Crippen LogP contribution in [-0.4, -0.2) is 35.2 Å². The van der Waals surface area contributed by atoms with Crippen LogP contribution in [0.1, 0.15) is 25.7 Å². The first-order valence-corrected chi connectivity index (χ1v) is 5.97. The Bertz CT molecular complexity index is 158. The van der Waals surface area contributed by atoms with E-state index in [1.165, 1.54) is 24.3 Å². The summed E-state index contributed by atoms with van der Waals surface area (Å²) in [6, 6.07) is 0.618. The minimum Gasteiger partial charge on any atom is -0.481 e. The summed E-state index contributed by atoms with van der Waals surface area (Å²) in [5, 5.41) is 11.8. The van der Waals surface area contributed by atoms with Crippen LogP contribution in [-0.2, 0) is 4.79 Å². The van der Waals surface area contributed by atoms with Crippen molar-refractivity contribution in [3.63, 3.8) is 0 Å². The van der Waals surface area contributed by atoms with E-state index in [1.807, 2.05) is 11.8 Å². The first-order chi connectivity index (χ1) is 6.29. The lowest BCUT2D eigenvalue weighted by atomic mass is 10.2. The van der Waals surface area contributed by atoms with E-state index in [0.717, 1.165) is 13.0 Å². The van der Waals surface area contributed by atoms with Crippen LogP contribution >= 0.6 is 11.8 Å². The van der Waals surface area contributed by atoms with Crippen LogP contribution in [0.4, 0.5) is 0 Å². The highest BCUT2D eigenvalue weighted by molar-refractivity contribution is 7.99. The third-order valence-electron chi connectivity index (χ3n) is 2.16. The maximum Gasteiger partial charge on any atom is 0.303 e. The lowest BCUT2D eigenvalue weighted by Crippen LogP contribution is -2.34. The van der Waals surface area contributed by atoms with Crippen molar-refractivity contribution in [2.45, 2.75) is 31.7 Å². The Hall–Kier alpha value is -0.220. The van der Waals surface area contributed by atoms with Gasteiger partial charge in [0, 0.05) is 18.2 Å². The fourth-order valence-corrected chi connectivity index (χ4v) is 2.55. The van der Waals surface area contributed by atoms with Crippen molar-refractivity contribution in [3.05, 3.63) is 0 Å². The molecule has 76 valence electrons. The maximum absolute atomic E-state index is 10.2. The van der Waals surface area contributed by atoms with Crippen molar-refractivity contribution in [1.29, 1.82) is 0 Å². The normalized spacial score (nSPS) is 22.9. The SMILES string of the molecule is O=C(O)CCCNC1CCCSC1. The topological polar surface area (TPSA) is 49.3 Å². The van der Waals surface area contributed by atoms with Gasteiger partial charge in [-0.3, -0.25) is 4.79 Å². The minimum atomic E-state index is -0.695. The van der Waals surface area contributed by atoms with Gasteiger partial charge < -0.3 is 10.4 Å². The quantitative estimate of drug-likeness (QED) is 0.662. The fourth-order valence-electron chi connectivity index (χ4n) is 1.45. The Morgan fingerprint density at radius 3 is 3.08 bits per heavy atom. The van der Waals surface area contributed by atoms with E-state index in [-0.39, 0.29) is 6.42 Å². The number of thioether (sulfide) groups is 1. The summed E-state index contributed by atoms with van der Waals surface area (Å²) in [5.41, 5.74) is 0. The van der Waals surface area contributed by atoms with Crippen molar-refractivity contribution >= 4 is 17.7 Å². The third-order valence-corrected chi connectivity index (χ3v) is 3.38. The number of carboxylic acids is 1. The van der Waals surface area contributed by atoms with Gasteiger partial charge in [-0.15, -0.1) is 0 Å². The van der Waals surface area contributed by atoms with Crippen molar-refractivity contribution in [1.82, 2.24) is 5.32 Å². The van der Waals surface area contributed by atoms with Gasteiger partial charge in [-0.1, -0.05) is 0 Å². The van der Waals surface area contributed by atoms with Gasteiger partial charge in [-0.2, -0.15) is 11.8 Å². The van der Waals surface area contributed by atoms with Gasteiger partial charge >= 0.3 is 5.97 Å². The van der Waals surface area contributed by atoms with Crippen LogP contribution < -0.4 is 5.32 Å². The first-order valence-electron chi connectivity index (χ1n) is 4.82. The van der Waals surface area contributed by atoms with Crippen molar-refractivity contribution in [3.8, 4) is 0 Å². The molecule has 0 aromatic rings. The van der Waals surface area contributed by atoms with Crippen LogP contribution in [0.2, 0.25) is 0 Å². The molecule has 0 aromatic heterocycles. The molecule has 1 saturated heterocycles. The predicted octanol–water partition coefficient (Wildman–Crippen LogP) is 1.34. The van der Waals surface area contributed by atoms with Gasteiger partial charge in [0.2, 0.25) is 0 Å². The Morgan fingerprint density at radius 2 is 2.46 bits per heavy atom. The zero-order valence-electron chi connectivity index (χ0n) is 7.79. The van der Waals surface area contributed by atoms with Gasteiger partial charge in [-0.05, 0) is 31.6 Å². The van der Waals surface area contributed by atoms with E-state index < -0.39 is 5.97 Å². The molecular weight excluding hydrogens is 186 g/mol. The highest BCUT2D eigenvalue weighted by atomic mass is 32.2. The molecule has 1 fully saturated rings. The number of rotatable bonds is 5. The Morgan fingerprint density at radius 1 is 1.62 bits per heavy atom. The average molecular weight is 203 g/mol. The molecule has 1 unspecified atom stereocenters. The van der Waals surface area contributed by atoms with E-state index in [0.29, 0.717) is 6.04 Å². The number of aliphatic carboxylic acids is 1. The van der Waals surface area contributed by atoms with E-state index >= 15 is 0 Å². The van der Waals surface area contributed by atoms with Gasteiger partial charge in [0.05, 0.1) is 0 Å². The molecule has 3 nitrogen and oxygen atoms in total. The molecular formula is C9H17NO2S. The molecule has 1 rings (SSSR count). The zero-order valence-corrected chi connectivity index (χ0v) is 8.61. The Labute approximate surface area is 83.3 Å². The number of hydrogen-bond donors (Lipinski definition) is 2. The number of carbonyl (C=O) groups is 1. The summed E-state index contributed by atoms with van der Waals surface area (Å²) >= 11 is 1.99. The lowest BCUT2D eigenvalue weighted by Gasteiger charge is -2.22. The fraction of sp³-hybridized carbons (Fsp3) is 0.889. The summed E-state index contributed by atoms with van der Waals surface area (Å²) in [6.07, 6.45) is 3.57. The van der Waals surface area contributed by atoms with Crippen molar-refractivity contribution in [2.24, 2.45) is 0 Å². The van der Waals surface area contributed by atoms with E-state index in [2.05, 4.69) is 5.32 Å². The molecule has 0 saturated carbocycles. The van der Waals surface area contributed by atoms with E-state index in [1.54, 1.807) is 0 Å². The van der Waals surface area contributed by atoms with Crippen molar-refractivity contribution < 1.29 is 9.90 Å². The standard InChI is InChI=1S/C9H17NO2S/c11-9(12)4-1-5-10-8-3-2-6-13-7-8/h8,10H,1-7H2,(H,11,12). The zero-order chi connectivity index (χ0) is 9.52. The molecule has 4 heteroatoms. The van der Waals surface area contributed by atoms with Crippen LogP contribution in [0.5, 0.6) is 0 Å². The highest BCUT2D eigenvalue weighted by Crippen LogP contribution is 2.16. The summed E-state index contributed by atoms with van der Waals surface area (Å²) in [7, 11) is 0. The van der Waals surface area contributed by atoms with Crippen LogP contribution in [0.25, 0.3) is 0 Å². The molecule has 1 aliphatic rings. The second kappa shape index (κ2) is 6.27. The van der Waals surface area contributed by atoms with Crippen LogP contribution in [0, 0.1) is 0 Å². The van der Waals surface area contributed by atoms with E-state index in [9.17, 15) is 4.79 Å². The number of nitrogens with one attached hydrogen (secondary N) is 1. The summed E-state index contributed by atoms with van der Waals surface area (Å²) in [6.45, 7) is 0.845.